The molecule has 1 aromatic heterocycles. The number of hydrogen-bond donors (Lipinski definition) is 1. The average molecular weight is 462 g/mol. The second-order valence-corrected chi connectivity index (χ2v) is 10.2. The summed E-state index contributed by atoms with van der Waals surface area (Å²) in [7, 11) is 0. The van der Waals surface area contributed by atoms with Crippen molar-refractivity contribution in [1.29, 1.82) is 0 Å². The quantitative estimate of drug-likeness (QED) is 0.372. The minimum atomic E-state index is -0.876. The molecular formula is C29H35NO4. The molecule has 1 aliphatic rings. The summed E-state index contributed by atoms with van der Waals surface area (Å²) in [4.78, 5) is 11.4. The highest BCUT2D eigenvalue weighted by Crippen LogP contribution is 2.49. The fourth-order valence-electron chi connectivity index (χ4n) is 5.45. The molecule has 34 heavy (non-hydrogen) atoms. The molecule has 0 aliphatic heterocycles. The molecule has 2 aromatic carbocycles. The molecule has 0 fully saturated rings. The molecule has 0 saturated heterocycles. The minimum Gasteiger partial charge on any atom is -0.489 e. The summed E-state index contributed by atoms with van der Waals surface area (Å²) >= 11 is 0. The SMILES string of the molecule is CCC1(CC)CCC(C)(C)c2ccc(COc3ccc([C@H](CC(=O)O)c4ccon4)cc3)cc21. The molecular weight excluding hydrogens is 426 g/mol. The first-order chi connectivity index (χ1) is 16.3. The van der Waals surface area contributed by atoms with Crippen molar-refractivity contribution in [3.05, 3.63) is 82.7 Å². The van der Waals surface area contributed by atoms with Gasteiger partial charge in [-0.15, -0.1) is 0 Å². The van der Waals surface area contributed by atoms with Crippen LogP contribution >= 0.6 is 0 Å². The lowest BCUT2D eigenvalue weighted by Gasteiger charge is -2.45. The molecule has 1 atom stereocenters. The van der Waals surface area contributed by atoms with Gasteiger partial charge in [-0.05, 0) is 70.9 Å². The minimum absolute atomic E-state index is 0.0468. The van der Waals surface area contributed by atoms with Gasteiger partial charge in [-0.25, -0.2) is 0 Å². The summed E-state index contributed by atoms with van der Waals surface area (Å²) in [6, 6.07) is 16.2. The molecule has 0 saturated carbocycles. The lowest BCUT2D eigenvalue weighted by atomic mass is 9.59. The van der Waals surface area contributed by atoms with Gasteiger partial charge in [-0.2, -0.15) is 0 Å². The molecule has 0 spiro atoms. The molecule has 180 valence electrons. The van der Waals surface area contributed by atoms with Crippen LogP contribution in [0.25, 0.3) is 0 Å². The van der Waals surface area contributed by atoms with Gasteiger partial charge in [0.2, 0.25) is 0 Å². The number of aromatic nitrogens is 1. The maximum absolute atomic E-state index is 11.4. The summed E-state index contributed by atoms with van der Waals surface area (Å²) < 4.78 is 11.1. The Hall–Kier alpha value is -3.08. The fraction of sp³-hybridized carbons (Fsp3) is 0.448. The Kier molecular flexibility index (Phi) is 6.83. The zero-order chi connectivity index (χ0) is 24.3. The maximum atomic E-state index is 11.4. The average Bonchev–Trinajstić information content (AvgIpc) is 3.37. The van der Waals surface area contributed by atoms with Crippen LogP contribution in [0.5, 0.6) is 5.75 Å². The monoisotopic (exact) mass is 461 g/mol. The molecule has 1 aliphatic carbocycles. The number of nitrogens with zero attached hydrogens (tertiary/aromatic N) is 1. The number of carboxylic acid groups (broad SMARTS) is 1. The van der Waals surface area contributed by atoms with Crippen molar-refractivity contribution in [2.45, 2.75) is 83.2 Å². The predicted octanol–water partition coefficient (Wildman–Crippen LogP) is 6.99. The summed E-state index contributed by atoms with van der Waals surface area (Å²) in [6.07, 6.45) is 6.18. The fourth-order valence-corrected chi connectivity index (χ4v) is 5.45. The smallest absolute Gasteiger partial charge is 0.304 e. The number of fused-ring (bicyclic) bond motifs is 1. The topological polar surface area (TPSA) is 72.6 Å². The van der Waals surface area contributed by atoms with Crippen molar-refractivity contribution >= 4 is 5.97 Å². The second kappa shape index (κ2) is 9.65. The van der Waals surface area contributed by atoms with Gasteiger partial charge in [0.15, 0.2) is 0 Å². The van der Waals surface area contributed by atoms with Crippen molar-refractivity contribution in [1.82, 2.24) is 5.16 Å². The third-order valence-corrected chi connectivity index (χ3v) is 7.85. The zero-order valence-electron chi connectivity index (χ0n) is 20.6. The lowest BCUT2D eigenvalue weighted by molar-refractivity contribution is -0.137. The first-order valence-corrected chi connectivity index (χ1v) is 12.3. The molecule has 4 rings (SSSR count). The number of carboxylic acids is 1. The highest BCUT2D eigenvalue weighted by atomic mass is 16.5. The Labute approximate surface area is 202 Å². The first kappa shape index (κ1) is 24.1. The van der Waals surface area contributed by atoms with Crippen LogP contribution in [0.1, 0.15) is 93.7 Å². The van der Waals surface area contributed by atoms with E-state index in [4.69, 9.17) is 9.26 Å². The van der Waals surface area contributed by atoms with Crippen LogP contribution in [0.4, 0.5) is 0 Å². The van der Waals surface area contributed by atoms with E-state index in [1.165, 1.54) is 35.8 Å². The van der Waals surface area contributed by atoms with Crippen molar-refractivity contribution in [3.63, 3.8) is 0 Å². The number of carbonyl (C=O) groups is 1. The molecule has 5 heteroatoms. The van der Waals surface area contributed by atoms with E-state index in [9.17, 15) is 9.90 Å². The van der Waals surface area contributed by atoms with Crippen molar-refractivity contribution in [2.24, 2.45) is 0 Å². The molecule has 1 heterocycles. The Bertz CT molecular complexity index is 1110. The van der Waals surface area contributed by atoms with Gasteiger partial charge in [-0.3, -0.25) is 4.79 Å². The third kappa shape index (κ3) is 4.75. The Morgan fingerprint density at radius 1 is 1.06 bits per heavy atom. The summed E-state index contributed by atoms with van der Waals surface area (Å²) in [6.45, 7) is 9.84. The highest BCUT2D eigenvalue weighted by molar-refractivity contribution is 5.68. The van der Waals surface area contributed by atoms with Crippen LogP contribution in [0, 0.1) is 0 Å². The largest absolute Gasteiger partial charge is 0.489 e. The van der Waals surface area contributed by atoms with E-state index in [0.717, 1.165) is 24.2 Å². The van der Waals surface area contributed by atoms with Crippen LogP contribution in [-0.2, 0) is 22.2 Å². The zero-order valence-corrected chi connectivity index (χ0v) is 20.6. The lowest BCUT2D eigenvalue weighted by Crippen LogP contribution is -2.37. The Morgan fingerprint density at radius 3 is 2.41 bits per heavy atom. The van der Waals surface area contributed by atoms with Crippen LogP contribution < -0.4 is 4.74 Å². The van der Waals surface area contributed by atoms with Gasteiger partial charge in [0, 0.05) is 12.0 Å². The molecule has 0 unspecified atom stereocenters. The van der Waals surface area contributed by atoms with Gasteiger partial charge in [-0.1, -0.05) is 63.2 Å². The van der Waals surface area contributed by atoms with Gasteiger partial charge >= 0.3 is 5.97 Å². The molecule has 0 bridgehead atoms. The summed E-state index contributed by atoms with van der Waals surface area (Å²) in [5.41, 5.74) is 6.09. The number of hydrogen-bond acceptors (Lipinski definition) is 4. The number of aliphatic carboxylic acids is 1. The number of rotatable bonds is 9. The maximum Gasteiger partial charge on any atom is 0.304 e. The summed E-state index contributed by atoms with van der Waals surface area (Å²) in [5, 5.41) is 13.3. The van der Waals surface area contributed by atoms with Crippen LogP contribution in [0.2, 0.25) is 0 Å². The van der Waals surface area contributed by atoms with Crippen molar-refractivity contribution in [2.75, 3.05) is 0 Å². The van der Waals surface area contributed by atoms with Crippen molar-refractivity contribution in [3.8, 4) is 5.75 Å². The highest BCUT2D eigenvalue weighted by Gasteiger charge is 2.40. The molecule has 0 radical (unpaired) electrons. The number of benzene rings is 2. The Balaban J connectivity index is 1.51. The second-order valence-electron chi connectivity index (χ2n) is 10.2. The Morgan fingerprint density at radius 2 is 1.79 bits per heavy atom. The molecule has 3 aromatic rings. The van der Waals surface area contributed by atoms with E-state index < -0.39 is 5.97 Å². The van der Waals surface area contributed by atoms with E-state index in [0.29, 0.717) is 12.3 Å². The molecule has 1 N–H and O–H groups in total. The van der Waals surface area contributed by atoms with Crippen molar-refractivity contribution < 1.29 is 19.2 Å². The number of ether oxygens (including phenoxy) is 1. The van der Waals surface area contributed by atoms with E-state index in [2.05, 4.69) is 51.1 Å². The van der Waals surface area contributed by atoms with Gasteiger partial charge in [0.25, 0.3) is 0 Å². The molecule has 0 amide bonds. The van der Waals surface area contributed by atoms with Gasteiger partial charge in [0.1, 0.15) is 18.6 Å². The standard InChI is InChI=1S/C29H35NO4/c1-5-29(6-2)15-14-28(3,4)24-12-7-20(17-25(24)29)19-33-22-10-8-21(9-11-22)23(18-27(31)32)26-13-16-34-30-26/h7-13,16-17,23H,5-6,14-15,18-19H2,1-4H3,(H,31,32)/t23-/m0/s1. The predicted molar refractivity (Wildman–Crippen MR) is 132 cm³/mol. The van der Waals surface area contributed by atoms with E-state index in [1.807, 2.05) is 24.3 Å². The van der Waals surface area contributed by atoms with Gasteiger partial charge in [0.05, 0.1) is 12.1 Å². The van der Waals surface area contributed by atoms with Gasteiger partial charge < -0.3 is 14.4 Å². The van der Waals surface area contributed by atoms with Crippen LogP contribution in [0.15, 0.2) is 59.3 Å². The van der Waals surface area contributed by atoms with Crippen LogP contribution in [0.3, 0.4) is 0 Å². The molecule has 5 nitrogen and oxygen atoms in total. The van der Waals surface area contributed by atoms with E-state index >= 15 is 0 Å². The van der Waals surface area contributed by atoms with E-state index in [1.54, 1.807) is 6.07 Å². The van der Waals surface area contributed by atoms with E-state index in [-0.39, 0.29) is 23.2 Å². The first-order valence-electron chi connectivity index (χ1n) is 12.3. The normalized spacial score (nSPS) is 17.1. The van der Waals surface area contributed by atoms with Crippen LogP contribution in [-0.4, -0.2) is 16.2 Å². The summed E-state index contributed by atoms with van der Waals surface area (Å²) in [5.74, 6) is -0.474. The third-order valence-electron chi connectivity index (χ3n) is 7.85.